The molecule has 1 aliphatic heterocycles. The number of hydrogen-bond acceptors (Lipinski definition) is 3. The fourth-order valence-corrected chi connectivity index (χ4v) is 7.05. The van der Waals surface area contributed by atoms with E-state index < -0.39 is 10.0 Å². The largest absolute Gasteiger partial charge is 0.381 e. The van der Waals surface area contributed by atoms with Gasteiger partial charge in [-0.1, -0.05) is 59.8 Å². The van der Waals surface area contributed by atoms with E-state index in [1.54, 1.807) is 12.3 Å². The van der Waals surface area contributed by atoms with Crippen molar-refractivity contribution >= 4 is 20.9 Å². The van der Waals surface area contributed by atoms with Crippen molar-refractivity contribution in [3.8, 4) is 0 Å². The average Bonchev–Trinajstić information content (AvgIpc) is 3.18. The van der Waals surface area contributed by atoms with Crippen LogP contribution in [0.15, 0.2) is 53.7 Å². The van der Waals surface area contributed by atoms with Gasteiger partial charge in [0.05, 0.1) is 10.4 Å². The number of allylic oxidation sites excluding steroid dienone is 1. The summed E-state index contributed by atoms with van der Waals surface area (Å²) in [4.78, 5) is 2.49. The Hall–Kier alpha value is -2.60. The van der Waals surface area contributed by atoms with E-state index in [0.29, 0.717) is 21.7 Å². The van der Waals surface area contributed by atoms with Gasteiger partial charge in [0, 0.05) is 31.1 Å². The van der Waals surface area contributed by atoms with Crippen molar-refractivity contribution in [3.63, 3.8) is 0 Å². The van der Waals surface area contributed by atoms with Crippen LogP contribution in [0.3, 0.4) is 0 Å². The molecular formula is C29H37FN2O2S. The molecule has 4 nitrogen and oxygen atoms in total. The molecule has 0 fully saturated rings. The van der Waals surface area contributed by atoms with Crippen molar-refractivity contribution in [2.24, 2.45) is 0 Å². The molecule has 2 aromatic carbocycles. The van der Waals surface area contributed by atoms with E-state index in [4.69, 9.17) is 0 Å². The molecule has 35 heavy (non-hydrogen) atoms. The predicted octanol–water partition coefficient (Wildman–Crippen LogP) is 7.32. The maximum Gasteiger partial charge on any atom is 0.268 e. The number of rotatable bonds is 6. The summed E-state index contributed by atoms with van der Waals surface area (Å²) in [7, 11) is -1.93. The smallest absolute Gasteiger partial charge is 0.268 e. The Kier molecular flexibility index (Phi) is 6.89. The van der Waals surface area contributed by atoms with E-state index >= 15 is 0 Å². The predicted molar refractivity (Wildman–Crippen MR) is 142 cm³/mol. The SMILES string of the molecule is CC(C)c1cc(C(C)C)c(S(=O)(=O)n2cc(C3C=CN(C)CC3)c3cc(F)ccc32)c(C(C)C)c1. The zero-order valence-electron chi connectivity index (χ0n) is 21.8. The van der Waals surface area contributed by atoms with E-state index in [-0.39, 0.29) is 23.6 Å². The lowest BCUT2D eigenvalue weighted by Gasteiger charge is -2.24. The second-order valence-electron chi connectivity index (χ2n) is 10.8. The molecule has 0 saturated carbocycles. The van der Waals surface area contributed by atoms with Crippen LogP contribution in [0.4, 0.5) is 4.39 Å². The van der Waals surface area contributed by atoms with Gasteiger partial charge in [0.25, 0.3) is 10.0 Å². The zero-order chi connectivity index (χ0) is 25.7. The molecule has 1 unspecified atom stereocenters. The quantitative estimate of drug-likeness (QED) is 0.359. The third-order valence-corrected chi connectivity index (χ3v) is 8.93. The molecule has 0 N–H and O–H groups in total. The lowest BCUT2D eigenvalue weighted by Crippen LogP contribution is -2.20. The molecule has 0 saturated heterocycles. The van der Waals surface area contributed by atoms with E-state index in [1.165, 1.54) is 16.1 Å². The molecule has 0 amide bonds. The van der Waals surface area contributed by atoms with Crippen molar-refractivity contribution in [3.05, 3.63) is 76.9 Å². The van der Waals surface area contributed by atoms with Crippen LogP contribution in [-0.4, -0.2) is 30.9 Å². The fourth-order valence-electron chi connectivity index (χ4n) is 5.00. The molecule has 1 atom stereocenters. The highest BCUT2D eigenvalue weighted by Gasteiger charge is 2.31. The molecule has 3 aromatic rings. The number of hydrogen-bond donors (Lipinski definition) is 0. The van der Waals surface area contributed by atoms with Crippen LogP contribution in [0.1, 0.15) is 93.9 Å². The van der Waals surface area contributed by atoms with Crippen molar-refractivity contribution in [2.75, 3.05) is 13.6 Å². The molecule has 2 heterocycles. The minimum absolute atomic E-state index is 0.0319. The van der Waals surface area contributed by atoms with Gasteiger partial charge < -0.3 is 4.90 Å². The second kappa shape index (κ2) is 9.45. The highest BCUT2D eigenvalue weighted by atomic mass is 32.2. The standard InChI is InChI=1S/C29H37FN2O2S/c1-18(2)22-14-24(19(3)4)29(25(15-22)20(5)6)35(33,34)32-17-27(21-10-12-31(7)13-11-21)26-16-23(30)8-9-28(26)32/h8-10,12,14-21H,11,13H2,1-7H3. The van der Waals surface area contributed by atoms with Gasteiger partial charge >= 0.3 is 0 Å². The van der Waals surface area contributed by atoms with Crippen LogP contribution in [0, 0.1) is 5.82 Å². The Morgan fingerprint density at radius 2 is 1.57 bits per heavy atom. The summed E-state index contributed by atoms with van der Waals surface area (Å²) < 4.78 is 44.7. The molecule has 1 aromatic heterocycles. The van der Waals surface area contributed by atoms with Crippen LogP contribution < -0.4 is 0 Å². The number of nitrogens with zero attached hydrogens (tertiary/aromatic N) is 2. The minimum Gasteiger partial charge on any atom is -0.381 e. The van der Waals surface area contributed by atoms with Gasteiger partial charge in [0.15, 0.2) is 0 Å². The molecule has 0 aliphatic carbocycles. The van der Waals surface area contributed by atoms with Gasteiger partial charge in [-0.05, 0) is 70.8 Å². The monoisotopic (exact) mass is 496 g/mol. The number of fused-ring (bicyclic) bond motifs is 1. The van der Waals surface area contributed by atoms with Crippen molar-refractivity contribution in [1.29, 1.82) is 0 Å². The van der Waals surface area contributed by atoms with E-state index in [0.717, 1.165) is 35.2 Å². The van der Waals surface area contributed by atoms with E-state index in [1.807, 2.05) is 40.9 Å². The van der Waals surface area contributed by atoms with E-state index in [2.05, 4.69) is 37.0 Å². The lowest BCUT2D eigenvalue weighted by molar-refractivity contribution is 0.409. The summed E-state index contributed by atoms with van der Waals surface area (Å²) in [6.07, 6.45) is 6.67. The maximum absolute atomic E-state index is 14.5. The summed E-state index contributed by atoms with van der Waals surface area (Å²) in [5.74, 6) is 0.0280. The first-order valence-electron chi connectivity index (χ1n) is 12.5. The molecule has 1 aliphatic rings. The molecule has 6 heteroatoms. The molecular weight excluding hydrogens is 459 g/mol. The Bertz CT molecular complexity index is 1350. The number of benzene rings is 2. The summed E-state index contributed by atoms with van der Waals surface area (Å²) in [5.41, 5.74) is 4.19. The minimum atomic E-state index is -3.94. The Balaban J connectivity index is 2.02. The van der Waals surface area contributed by atoms with Gasteiger partial charge in [0.2, 0.25) is 0 Å². The third-order valence-electron chi connectivity index (χ3n) is 7.12. The molecule has 0 radical (unpaired) electrons. The van der Waals surface area contributed by atoms with Crippen molar-refractivity contribution < 1.29 is 12.8 Å². The van der Waals surface area contributed by atoms with Gasteiger partial charge in [-0.3, -0.25) is 0 Å². The molecule has 4 rings (SSSR count). The van der Waals surface area contributed by atoms with Gasteiger partial charge in [-0.2, -0.15) is 0 Å². The Morgan fingerprint density at radius 1 is 0.943 bits per heavy atom. The average molecular weight is 497 g/mol. The van der Waals surface area contributed by atoms with Crippen LogP contribution >= 0.6 is 0 Å². The summed E-state index contributed by atoms with van der Waals surface area (Å²) in [6.45, 7) is 13.3. The summed E-state index contributed by atoms with van der Waals surface area (Å²) in [5, 5.41) is 0.656. The zero-order valence-corrected chi connectivity index (χ0v) is 22.7. The summed E-state index contributed by atoms with van der Waals surface area (Å²) in [6, 6.07) is 8.52. The first-order valence-corrected chi connectivity index (χ1v) is 14.0. The van der Waals surface area contributed by atoms with Crippen LogP contribution in [0.5, 0.6) is 0 Å². The molecule has 0 bridgehead atoms. The maximum atomic E-state index is 14.5. The van der Waals surface area contributed by atoms with Crippen molar-refractivity contribution in [2.45, 2.75) is 76.5 Å². The van der Waals surface area contributed by atoms with Crippen LogP contribution in [-0.2, 0) is 10.0 Å². The van der Waals surface area contributed by atoms with Crippen molar-refractivity contribution in [1.82, 2.24) is 8.87 Å². The molecule has 0 spiro atoms. The van der Waals surface area contributed by atoms with Gasteiger partial charge in [0.1, 0.15) is 5.82 Å². The van der Waals surface area contributed by atoms with Gasteiger partial charge in [-0.25, -0.2) is 16.8 Å². The van der Waals surface area contributed by atoms with Crippen LogP contribution in [0.2, 0.25) is 0 Å². The molecule has 188 valence electrons. The topological polar surface area (TPSA) is 42.3 Å². The Morgan fingerprint density at radius 3 is 2.09 bits per heavy atom. The second-order valence-corrected chi connectivity index (χ2v) is 12.5. The first kappa shape index (κ1) is 25.5. The fraction of sp³-hybridized carbons (Fsp3) is 0.448. The normalized spacial score (nSPS) is 16.9. The number of aromatic nitrogens is 1. The third kappa shape index (κ3) is 4.65. The van der Waals surface area contributed by atoms with Crippen LogP contribution in [0.25, 0.3) is 10.9 Å². The first-order chi connectivity index (χ1) is 16.4. The lowest BCUT2D eigenvalue weighted by atomic mass is 9.89. The van der Waals surface area contributed by atoms with E-state index in [9.17, 15) is 12.8 Å². The highest BCUT2D eigenvalue weighted by Crippen LogP contribution is 2.39. The van der Waals surface area contributed by atoms with Gasteiger partial charge in [-0.15, -0.1) is 0 Å². The Labute approximate surface area is 209 Å². The highest BCUT2D eigenvalue weighted by molar-refractivity contribution is 7.90. The summed E-state index contributed by atoms with van der Waals surface area (Å²) >= 11 is 0. The number of halogens is 1.